The van der Waals surface area contributed by atoms with E-state index >= 15 is 0 Å². The Bertz CT molecular complexity index is 235. The van der Waals surface area contributed by atoms with Gasteiger partial charge in [0.2, 0.25) is 0 Å². The van der Waals surface area contributed by atoms with Crippen LogP contribution in [0.25, 0.3) is 0 Å². The molecule has 0 radical (unpaired) electrons. The van der Waals surface area contributed by atoms with E-state index < -0.39 is 0 Å². The molecule has 0 bridgehead atoms. The van der Waals surface area contributed by atoms with Gasteiger partial charge in [-0.1, -0.05) is 0 Å². The van der Waals surface area contributed by atoms with Crippen LogP contribution in [-0.2, 0) is 6.54 Å². The fraction of sp³-hybridized carbons (Fsp3) is 0.571. The molecule has 1 aromatic rings. The SMILES string of the molecule is NCCn1cncc1C(N)CO. The van der Waals surface area contributed by atoms with Gasteiger partial charge >= 0.3 is 0 Å². The molecule has 0 amide bonds. The molecule has 1 rings (SSSR count). The first-order chi connectivity index (χ1) is 5.79. The fourth-order valence-electron chi connectivity index (χ4n) is 1.06. The first kappa shape index (κ1) is 9.18. The molecular weight excluding hydrogens is 156 g/mol. The van der Waals surface area contributed by atoms with Gasteiger partial charge in [0, 0.05) is 19.3 Å². The summed E-state index contributed by atoms with van der Waals surface area (Å²) >= 11 is 0. The van der Waals surface area contributed by atoms with Crippen molar-refractivity contribution < 1.29 is 5.11 Å². The Morgan fingerprint density at radius 2 is 2.42 bits per heavy atom. The van der Waals surface area contributed by atoms with Crippen molar-refractivity contribution in [3.63, 3.8) is 0 Å². The second kappa shape index (κ2) is 4.20. The summed E-state index contributed by atoms with van der Waals surface area (Å²) in [5.41, 5.74) is 11.8. The van der Waals surface area contributed by atoms with Gasteiger partial charge in [-0.3, -0.25) is 0 Å². The number of imidazole rings is 1. The summed E-state index contributed by atoms with van der Waals surface area (Å²) in [5.74, 6) is 0. The molecule has 1 unspecified atom stereocenters. The summed E-state index contributed by atoms with van der Waals surface area (Å²) in [6.07, 6.45) is 3.31. The molecule has 0 saturated heterocycles. The maximum atomic E-state index is 8.80. The molecule has 5 heteroatoms. The average Bonchev–Trinajstić information content (AvgIpc) is 2.52. The van der Waals surface area contributed by atoms with Gasteiger partial charge in [0.25, 0.3) is 0 Å². The summed E-state index contributed by atoms with van der Waals surface area (Å²) in [4.78, 5) is 3.93. The van der Waals surface area contributed by atoms with Crippen LogP contribution in [0.3, 0.4) is 0 Å². The van der Waals surface area contributed by atoms with Crippen molar-refractivity contribution in [2.24, 2.45) is 11.5 Å². The van der Waals surface area contributed by atoms with Crippen LogP contribution in [0.2, 0.25) is 0 Å². The summed E-state index contributed by atoms with van der Waals surface area (Å²) in [6, 6.07) is -0.362. The molecule has 1 aromatic heterocycles. The van der Waals surface area contributed by atoms with E-state index in [2.05, 4.69) is 4.98 Å². The van der Waals surface area contributed by atoms with Crippen molar-refractivity contribution in [2.45, 2.75) is 12.6 Å². The Morgan fingerprint density at radius 3 is 3.00 bits per heavy atom. The van der Waals surface area contributed by atoms with E-state index in [-0.39, 0.29) is 12.6 Å². The summed E-state index contributed by atoms with van der Waals surface area (Å²) in [5, 5.41) is 8.80. The van der Waals surface area contributed by atoms with Crippen molar-refractivity contribution in [3.8, 4) is 0 Å². The van der Waals surface area contributed by atoms with E-state index in [1.54, 1.807) is 12.5 Å². The van der Waals surface area contributed by atoms with Crippen molar-refractivity contribution in [1.82, 2.24) is 9.55 Å². The Labute approximate surface area is 71.0 Å². The van der Waals surface area contributed by atoms with Crippen LogP contribution in [0.5, 0.6) is 0 Å². The molecule has 0 spiro atoms. The Kier molecular flexibility index (Phi) is 3.21. The molecule has 0 aliphatic rings. The molecule has 0 saturated carbocycles. The second-order valence-corrected chi connectivity index (χ2v) is 2.59. The molecule has 0 fully saturated rings. The lowest BCUT2D eigenvalue weighted by atomic mass is 10.2. The third-order valence-electron chi connectivity index (χ3n) is 1.69. The topological polar surface area (TPSA) is 90.1 Å². The number of aliphatic hydroxyl groups excluding tert-OH is 1. The van der Waals surface area contributed by atoms with Gasteiger partial charge in [0.1, 0.15) is 0 Å². The van der Waals surface area contributed by atoms with Gasteiger partial charge < -0.3 is 21.1 Å². The summed E-state index contributed by atoms with van der Waals surface area (Å²) < 4.78 is 1.85. The minimum absolute atomic E-state index is 0.0732. The monoisotopic (exact) mass is 170 g/mol. The lowest BCUT2D eigenvalue weighted by Crippen LogP contribution is -2.20. The zero-order valence-electron chi connectivity index (χ0n) is 6.85. The number of rotatable bonds is 4. The van der Waals surface area contributed by atoms with Crippen LogP contribution < -0.4 is 11.5 Å². The zero-order chi connectivity index (χ0) is 8.97. The normalized spacial score (nSPS) is 13.2. The van der Waals surface area contributed by atoms with Crippen molar-refractivity contribution in [2.75, 3.05) is 13.2 Å². The molecular formula is C7H14N4O. The highest BCUT2D eigenvalue weighted by Crippen LogP contribution is 2.07. The average molecular weight is 170 g/mol. The van der Waals surface area contributed by atoms with Crippen LogP contribution in [0.4, 0.5) is 0 Å². The molecule has 0 aliphatic heterocycles. The first-order valence-electron chi connectivity index (χ1n) is 3.86. The fourth-order valence-corrected chi connectivity index (χ4v) is 1.06. The number of nitrogens with zero attached hydrogens (tertiary/aromatic N) is 2. The highest BCUT2D eigenvalue weighted by Gasteiger charge is 2.08. The second-order valence-electron chi connectivity index (χ2n) is 2.59. The first-order valence-corrected chi connectivity index (χ1v) is 3.86. The van der Waals surface area contributed by atoms with Crippen molar-refractivity contribution in [1.29, 1.82) is 0 Å². The highest BCUT2D eigenvalue weighted by molar-refractivity contribution is 5.04. The van der Waals surface area contributed by atoms with Crippen molar-refractivity contribution >= 4 is 0 Å². The van der Waals surface area contributed by atoms with Crippen LogP contribution in [-0.4, -0.2) is 27.8 Å². The van der Waals surface area contributed by atoms with E-state index in [4.69, 9.17) is 16.6 Å². The maximum Gasteiger partial charge on any atom is 0.0949 e. The highest BCUT2D eigenvalue weighted by atomic mass is 16.3. The van der Waals surface area contributed by atoms with E-state index in [0.29, 0.717) is 13.1 Å². The smallest absolute Gasteiger partial charge is 0.0949 e. The van der Waals surface area contributed by atoms with E-state index in [1.807, 2.05) is 4.57 Å². The van der Waals surface area contributed by atoms with Crippen LogP contribution in [0, 0.1) is 0 Å². The number of nitrogens with two attached hydrogens (primary N) is 2. The Morgan fingerprint density at radius 1 is 1.67 bits per heavy atom. The van der Waals surface area contributed by atoms with Gasteiger partial charge in [-0.15, -0.1) is 0 Å². The number of aliphatic hydroxyl groups is 1. The summed E-state index contributed by atoms with van der Waals surface area (Å²) in [7, 11) is 0. The Hall–Kier alpha value is -0.910. The van der Waals surface area contributed by atoms with E-state index in [1.165, 1.54) is 0 Å². The quantitative estimate of drug-likeness (QED) is 0.531. The third kappa shape index (κ3) is 1.82. The molecule has 0 aliphatic carbocycles. The third-order valence-corrected chi connectivity index (χ3v) is 1.69. The van der Waals surface area contributed by atoms with Gasteiger partial charge in [0.15, 0.2) is 0 Å². The standard InChI is InChI=1S/C7H14N4O/c8-1-2-11-5-10-3-7(11)6(9)4-12/h3,5-6,12H,1-2,4,8-9H2. The van der Waals surface area contributed by atoms with Gasteiger partial charge in [-0.05, 0) is 0 Å². The maximum absolute atomic E-state index is 8.80. The number of hydrogen-bond acceptors (Lipinski definition) is 4. The molecule has 1 atom stereocenters. The predicted octanol–water partition coefficient (Wildman–Crippen LogP) is -1.17. The Balaban J connectivity index is 2.76. The lowest BCUT2D eigenvalue weighted by molar-refractivity contribution is 0.263. The van der Waals surface area contributed by atoms with Crippen LogP contribution >= 0.6 is 0 Å². The van der Waals surface area contributed by atoms with E-state index in [0.717, 1.165) is 5.69 Å². The molecule has 12 heavy (non-hydrogen) atoms. The van der Waals surface area contributed by atoms with Gasteiger partial charge in [-0.25, -0.2) is 4.98 Å². The van der Waals surface area contributed by atoms with Gasteiger partial charge in [0.05, 0.1) is 24.7 Å². The number of aromatic nitrogens is 2. The summed E-state index contributed by atoms with van der Waals surface area (Å²) in [6.45, 7) is 1.15. The van der Waals surface area contributed by atoms with Crippen molar-refractivity contribution in [3.05, 3.63) is 18.2 Å². The molecule has 5 N–H and O–H groups in total. The molecule has 1 heterocycles. The minimum Gasteiger partial charge on any atom is -0.394 e. The van der Waals surface area contributed by atoms with E-state index in [9.17, 15) is 0 Å². The van der Waals surface area contributed by atoms with Gasteiger partial charge in [-0.2, -0.15) is 0 Å². The molecule has 5 nitrogen and oxygen atoms in total. The largest absolute Gasteiger partial charge is 0.394 e. The molecule has 68 valence electrons. The lowest BCUT2D eigenvalue weighted by Gasteiger charge is -2.10. The van der Waals surface area contributed by atoms with Crippen LogP contribution in [0.1, 0.15) is 11.7 Å². The molecule has 0 aromatic carbocycles. The predicted molar refractivity (Wildman–Crippen MR) is 45.3 cm³/mol. The zero-order valence-corrected chi connectivity index (χ0v) is 6.85. The van der Waals surface area contributed by atoms with Crippen LogP contribution in [0.15, 0.2) is 12.5 Å². The minimum atomic E-state index is -0.362. The number of hydrogen-bond donors (Lipinski definition) is 3.